The number of amides is 2. The summed E-state index contributed by atoms with van der Waals surface area (Å²) < 4.78 is 0. The molecule has 136 valence electrons. The van der Waals surface area contributed by atoms with E-state index in [9.17, 15) is 9.59 Å². The number of nitrogens with two attached hydrogens (primary N) is 1. The molecule has 1 aromatic carbocycles. The summed E-state index contributed by atoms with van der Waals surface area (Å²) in [5.41, 5.74) is 7.93. The Morgan fingerprint density at radius 1 is 1.20 bits per heavy atom. The zero-order valence-corrected chi connectivity index (χ0v) is 15.2. The lowest BCUT2D eigenvalue weighted by Crippen LogP contribution is -2.53. The number of nitrogens with one attached hydrogen (secondary N) is 1. The Morgan fingerprint density at radius 2 is 1.92 bits per heavy atom. The standard InChI is InChI=1S/C20H29N3O2/c1-13-6-5-9-17(14(13)2)22-19(24)12-23-11-16-8-4-3-7-15(16)10-18(23)20(21)25/h3-4,7-8,13-14,17-18H,5-6,9-12H2,1-2H3,(H2,21,25)(H,22,24)/t13-,14-,17+,18-/m1/s1. The second-order valence-corrected chi connectivity index (χ2v) is 7.74. The summed E-state index contributed by atoms with van der Waals surface area (Å²) >= 11 is 0. The van der Waals surface area contributed by atoms with Crippen molar-refractivity contribution in [2.45, 2.75) is 58.2 Å². The Morgan fingerprint density at radius 3 is 2.64 bits per heavy atom. The molecule has 1 heterocycles. The molecule has 1 saturated carbocycles. The number of primary amides is 1. The van der Waals surface area contributed by atoms with Crippen molar-refractivity contribution < 1.29 is 9.59 Å². The molecule has 1 aromatic rings. The van der Waals surface area contributed by atoms with Crippen LogP contribution in [0, 0.1) is 11.8 Å². The molecule has 3 N–H and O–H groups in total. The van der Waals surface area contributed by atoms with E-state index in [1.54, 1.807) is 0 Å². The smallest absolute Gasteiger partial charge is 0.235 e. The summed E-state index contributed by atoms with van der Waals surface area (Å²) in [6, 6.07) is 7.89. The molecule has 1 aliphatic carbocycles. The van der Waals surface area contributed by atoms with Gasteiger partial charge in [-0.25, -0.2) is 0 Å². The lowest BCUT2D eigenvalue weighted by Gasteiger charge is -2.37. The van der Waals surface area contributed by atoms with Crippen LogP contribution in [-0.2, 0) is 22.6 Å². The number of hydrogen-bond donors (Lipinski definition) is 2. The lowest BCUT2D eigenvalue weighted by molar-refractivity contribution is -0.128. The number of rotatable bonds is 4. The molecule has 3 rings (SSSR count). The van der Waals surface area contributed by atoms with E-state index >= 15 is 0 Å². The van der Waals surface area contributed by atoms with Gasteiger partial charge in [0.2, 0.25) is 11.8 Å². The monoisotopic (exact) mass is 343 g/mol. The van der Waals surface area contributed by atoms with Crippen LogP contribution >= 0.6 is 0 Å². The quantitative estimate of drug-likeness (QED) is 0.876. The molecule has 4 atom stereocenters. The molecule has 1 fully saturated rings. The van der Waals surface area contributed by atoms with Crippen LogP contribution in [0.5, 0.6) is 0 Å². The summed E-state index contributed by atoms with van der Waals surface area (Å²) in [4.78, 5) is 26.4. The summed E-state index contributed by atoms with van der Waals surface area (Å²) in [6.45, 7) is 5.29. The number of carbonyl (C=O) groups is 2. The second-order valence-electron chi connectivity index (χ2n) is 7.74. The largest absolute Gasteiger partial charge is 0.368 e. The highest BCUT2D eigenvalue weighted by Gasteiger charge is 2.33. The normalized spacial score (nSPS) is 29.7. The molecule has 5 nitrogen and oxygen atoms in total. The van der Waals surface area contributed by atoms with E-state index < -0.39 is 6.04 Å². The number of fused-ring (bicyclic) bond motifs is 1. The number of carbonyl (C=O) groups excluding carboxylic acids is 2. The predicted molar refractivity (Wildman–Crippen MR) is 97.6 cm³/mol. The van der Waals surface area contributed by atoms with Crippen LogP contribution < -0.4 is 11.1 Å². The van der Waals surface area contributed by atoms with Crippen LogP contribution in [0.4, 0.5) is 0 Å². The third-order valence-electron chi connectivity index (χ3n) is 6.07. The van der Waals surface area contributed by atoms with Crippen molar-refractivity contribution in [3.63, 3.8) is 0 Å². The van der Waals surface area contributed by atoms with Gasteiger partial charge in [-0.15, -0.1) is 0 Å². The first-order valence-corrected chi connectivity index (χ1v) is 9.35. The molecule has 0 spiro atoms. The summed E-state index contributed by atoms with van der Waals surface area (Å²) in [6.07, 6.45) is 4.02. The molecule has 2 amide bonds. The van der Waals surface area contributed by atoms with E-state index in [1.807, 2.05) is 23.1 Å². The summed E-state index contributed by atoms with van der Waals surface area (Å²) in [5.74, 6) is 0.768. The molecule has 0 radical (unpaired) electrons. The van der Waals surface area contributed by atoms with Crippen LogP contribution in [0.2, 0.25) is 0 Å². The van der Waals surface area contributed by atoms with Gasteiger partial charge in [0.25, 0.3) is 0 Å². The van der Waals surface area contributed by atoms with Gasteiger partial charge in [-0.2, -0.15) is 0 Å². The fraction of sp³-hybridized carbons (Fsp3) is 0.600. The van der Waals surface area contributed by atoms with Crippen LogP contribution in [0.1, 0.15) is 44.2 Å². The molecule has 0 saturated heterocycles. The molecule has 5 heteroatoms. The maximum Gasteiger partial charge on any atom is 0.235 e. The van der Waals surface area contributed by atoms with Crippen LogP contribution in [-0.4, -0.2) is 35.3 Å². The highest BCUT2D eigenvalue weighted by atomic mass is 16.2. The SMILES string of the molecule is C[C@@H]1[C@H](C)CCC[C@@H]1NC(=O)CN1Cc2ccccc2C[C@@H]1C(N)=O. The molecule has 0 bridgehead atoms. The van der Waals surface area contributed by atoms with Crippen molar-refractivity contribution in [3.8, 4) is 0 Å². The van der Waals surface area contributed by atoms with E-state index in [4.69, 9.17) is 5.73 Å². The second kappa shape index (κ2) is 7.56. The number of nitrogens with zero attached hydrogens (tertiary/aromatic N) is 1. The van der Waals surface area contributed by atoms with Gasteiger partial charge in [-0.3, -0.25) is 14.5 Å². The first-order valence-electron chi connectivity index (χ1n) is 9.35. The first kappa shape index (κ1) is 17.9. The van der Waals surface area contributed by atoms with Crippen molar-refractivity contribution in [1.29, 1.82) is 0 Å². The molecular weight excluding hydrogens is 314 g/mol. The van der Waals surface area contributed by atoms with E-state index in [-0.39, 0.29) is 24.4 Å². The summed E-state index contributed by atoms with van der Waals surface area (Å²) in [5, 5.41) is 3.20. The van der Waals surface area contributed by atoms with E-state index in [0.29, 0.717) is 24.8 Å². The average Bonchev–Trinajstić information content (AvgIpc) is 2.58. The predicted octanol–water partition coefficient (Wildman–Crippen LogP) is 1.84. The fourth-order valence-corrected chi connectivity index (χ4v) is 4.25. The van der Waals surface area contributed by atoms with Crippen molar-refractivity contribution >= 4 is 11.8 Å². The van der Waals surface area contributed by atoms with Crippen LogP contribution in [0.15, 0.2) is 24.3 Å². The van der Waals surface area contributed by atoms with Crippen LogP contribution in [0.3, 0.4) is 0 Å². The van der Waals surface area contributed by atoms with Crippen LogP contribution in [0.25, 0.3) is 0 Å². The fourth-order valence-electron chi connectivity index (χ4n) is 4.25. The molecule has 1 aliphatic heterocycles. The highest BCUT2D eigenvalue weighted by molar-refractivity contribution is 5.83. The number of hydrogen-bond acceptors (Lipinski definition) is 3. The van der Waals surface area contributed by atoms with Crippen molar-refractivity contribution in [2.75, 3.05) is 6.54 Å². The molecule has 0 unspecified atom stereocenters. The van der Waals surface area contributed by atoms with Gasteiger partial charge in [0.05, 0.1) is 12.6 Å². The Bertz CT molecular complexity index is 646. The minimum absolute atomic E-state index is 0.00317. The topological polar surface area (TPSA) is 75.4 Å². The van der Waals surface area contributed by atoms with Gasteiger partial charge in [-0.1, -0.05) is 51.0 Å². The van der Waals surface area contributed by atoms with Crippen molar-refractivity contribution in [3.05, 3.63) is 35.4 Å². The maximum atomic E-state index is 12.6. The third-order valence-corrected chi connectivity index (χ3v) is 6.07. The minimum atomic E-state index is -0.414. The maximum absolute atomic E-state index is 12.6. The Labute approximate surface area is 150 Å². The molecule has 0 aromatic heterocycles. The zero-order chi connectivity index (χ0) is 18.0. The van der Waals surface area contributed by atoms with Gasteiger partial charge in [0.1, 0.15) is 0 Å². The lowest BCUT2D eigenvalue weighted by atomic mass is 9.78. The highest BCUT2D eigenvalue weighted by Crippen LogP contribution is 2.29. The van der Waals surface area contributed by atoms with E-state index in [2.05, 4.69) is 25.2 Å². The number of benzene rings is 1. The van der Waals surface area contributed by atoms with Gasteiger partial charge in [-0.05, 0) is 35.8 Å². The summed E-state index contributed by atoms with van der Waals surface area (Å²) in [7, 11) is 0. The van der Waals surface area contributed by atoms with E-state index in [1.165, 1.54) is 12.0 Å². The van der Waals surface area contributed by atoms with E-state index in [0.717, 1.165) is 18.4 Å². The van der Waals surface area contributed by atoms with Gasteiger partial charge >= 0.3 is 0 Å². The van der Waals surface area contributed by atoms with Gasteiger partial charge in [0, 0.05) is 12.6 Å². The van der Waals surface area contributed by atoms with Crippen molar-refractivity contribution in [2.24, 2.45) is 17.6 Å². The molecule has 25 heavy (non-hydrogen) atoms. The Balaban J connectivity index is 1.66. The van der Waals surface area contributed by atoms with Gasteiger partial charge in [0.15, 0.2) is 0 Å². The third kappa shape index (κ3) is 4.03. The van der Waals surface area contributed by atoms with Gasteiger partial charge < -0.3 is 11.1 Å². The first-order chi connectivity index (χ1) is 12.0. The average molecular weight is 343 g/mol. The zero-order valence-electron chi connectivity index (χ0n) is 15.2. The minimum Gasteiger partial charge on any atom is -0.368 e. The van der Waals surface area contributed by atoms with Crippen molar-refractivity contribution in [1.82, 2.24) is 10.2 Å². The Kier molecular flexibility index (Phi) is 5.42. The molecular formula is C20H29N3O2. The Hall–Kier alpha value is -1.88. The molecule has 2 aliphatic rings.